The molecule has 0 unspecified atom stereocenters. The number of anilines is 1. The van der Waals surface area contributed by atoms with Gasteiger partial charge < -0.3 is 5.73 Å². The molecule has 0 spiro atoms. The molecule has 0 atom stereocenters. The van der Waals surface area contributed by atoms with E-state index in [0.717, 1.165) is 16.7 Å². The average molecular weight is 163 g/mol. The van der Waals surface area contributed by atoms with Crippen molar-refractivity contribution >= 4 is 17.0 Å². The highest BCUT2D eigenvalue weighted by atomic mass is 15.3. The van der Waals surface area contributed by atoms with Crippen LogP contribution in [0.25, 0.3) is 11.0 Å². The molecule has 0 fully saturated rings. The summed E-state index contributed by atoms with van der Waals surface area (Å²) < 4.78 is 1.74. The van der Waals surface area contributed by atoms with Gasteiger partial charge in [-0.3, -0.25) is 4.68 Å². The number of nitrogens with two attached hydrogens (primary N) is 1. The second-order valence-electron chi connectivity index (χ2n) is 2.67. The quantitative estimate of drug-likeness (QED) is 0.604. The largest absolute Gasteiger partial charge is 0.368 e. The molecule has 0 amide bonds. The molecule has 0 radical (unpaired) electrons. The molecule has 2 rings (SSSR count). The topological polar surface area (TPSA) is 69.6 Å². The smallest absolute Gasteiger partial charge is 0.220 e. The molecule has 0 saturated carbocycles. The Morgan fingerprint density at radius 2 is 2.25 bits per heavy atom. The zero-order valence-corrected chi connectivity index (χ0v) is 6.94. The summed E-state index contributed by atoms with van der Waals surface area (Å²) in [6, 6.07) is 0. The van der Waals surface area contributed by atoms with Gasteiger partial charge in [0.1, 0.15) is 11.0 Å². The van der Waals surface area contributed by atoms with E-state index in [9.17, 15) is 0 Å². The molecule has 62 valence electrons. The van der Waals surface area contributed by atoms with Crippen molar-refractivity contribution in [1.29, 1.82) is 0 Å². The van der Waals surface area contributed by atoms with E-state index in [1.807, 2.05) is 14.0 Å². The van der Waals surface area contributed by atoms with Crippen LogP contribution >= 0.6 is 0 Å². The second-order valence-corrected chi connectivity index (χ2v) is 2.67. The van der Waals surface area contributed by atoms with Gasteiger partial charge in [0, 0.05) is 7.05 Å². The van der Waals surface area contributed by atoms with Gasteiger partial charge in [-0.1, -0.05) is 0 Å². The molecular formula is C7H9N5. The first-order chi connectivity index (χ1) is 5.68. The van der Waals surface area contributed by atoms with Gasteiger partial charge in [0.25, 0.3) is 0 Å². The van der Waals surface area contributed by atoms with Crippen LogP contribution < -0.4 is 5.73 Å². The Hall–Kier alpha value is -1.65. The minimum atomic E-state index is 0.290. The molecule has 0 aliphatic heterocycles. The van der Waals surface area contributed by atoms with Gasteiger partial charge in [0.05, 0.1) is 11.9 Å². The van der Waals surface area contributed by atoms with Crippen molar-refractivity contribution < 1.29 is 0 Å². The van der Waals surface area contributed by atoms with Gasteiger partial charge in [-0.15, -0.1) is 0 Å². The Morgan fingerprint density at radius 1 is 1.50 bits per heavy atom. The van der Waals surface area contributed by atoms with Crippen LogP contribution in [0.4, 0.5) is 5.95 Å². The zero-order valence-electron chi connectivity index (χ0n) is 6.94. The predicted molar refractivity (Wildman–Crippen MR) is 45.5 cm³/mol. The number of hydrogen-bond acceptors (Lipinski definition) is 4. The van der Waals surface area contributed by atoms with Gasteiger partial charge in [0.2, 0.25) is 5.95 Å². The van der Waals surface area contributed by atoms with Crippen LogP contribution in [-0.4, -0.2) is 19.7 Å². The number of rotatable bonds is 0. The highest BCUT2D eigenvalue weighted by Crippen LogP contribution is 2.13. The lowest BCUT2D eigenvalue weighted by Crippen LogP contribution is -1.95. The molecule has 0 aliphatic rings. The first kappa shape index (κ1) is 7.02. The average Bonchev–Trinajstić information content (AvgIpc) is 2.28. The van der Waals surface area contributed by atoms with Gasteiger partial charge in [-0.05, 0) is 6.92 Å². The molecule has 0 saturated heterocycles. The maximum atomic E-state index is 5.44. The molecule has 2 heterocycles. The zero-order chi connectivity index (χ0) is 8.72. The third-order valence-electron chi connectivity index (χ3n) is 1.78. The Kier molecular flexibility index (Phi) is 1.27. The van der Waals surface area contributed by atoms with Gasteiger partial charge in [-0.25, -0.2) is 9.97 Å². The molecular weight excluding hydrogens is 154 g/mol. The first-order valence-corrected chi connectivity index (χ1v) is 3.60. The van der Waals surface area contributed by atoms with Crippen molar-refractivity contribution in [3.63, 3.8) is 0 Å². The number of fused-ring (bicyclic) bond motifs is 1. The molecule has 12 heavy (non-hydrogen) atoms. The van der Waals surface area contributed by atoms with E-state index in [-0.39, 0.29) is 0 Å². The summed E-state index contributed by atoms with van der Waals surface area (Å²) in [5, 5.41) is 4.19. The minimum Gasteiger partial charge on any atom is -0.368 e. The lowest BCUT2D eigenvalue weighted by atomic mass is 10.4. The summed E-state index contributed by atoms with van der Waals surface area (Å²) in [5.74, 6) is 0.290. The fraction of sp³-hybridized carbons (Fsp3) is 0.286. The third kappa shape index (κ3) is 0.827. The Morgan fingerprint density at radius 3 is 3.00 bits per heavy atom. The van der Waals surface area contributed by atoms with Crippen LogP contribution in [0.3, 0.4) is 0 Å². The number of nitrogens with zero attached hydrogens (tertiary/aromatic N) is 4. The first-order valence-electron chi connectivity index (χ1n) is 3.60. The minimum absolute atomic E-state index is 0.290. The van der Waals surface area contributed by atoms with Crippen LogP contribution in [0.15, 0.2) is 6.20 Å². The number of aromatic nitrogens is 4. The van der Waals surface area contributed by atoms with Crippen molar-refractivity contribution in [2.75, 3.05) is 5.73 Å². The molecule has 2 aromatic heterocycles. The lowest BCUT2D eigenvalue weighted by molar-refractivity contribution is 0.782. The summed E-state index contributed by atoms with van der Waals surface area (Å²) in [4.78, 5) is 7.97. The van der Waals surface area contributed by atoms with Crippen LogP contribution in [0, 0.1) is 6.92 Å². The van der Waals surface area contributed by atoms with Crippen LogP contribution in [0.5, 0.6) is 0 Å². The maximum absolute atomic E-state index is 5.44. The molecule has 2 N–H and O–H groups in total. The SMILES string of the molecule is Cc1nn(C)c2cnc(N)nc12. The third-order valence-corrected chi connectivity index (χ3v) is 1.78. The highest BCUT2D eigenvalue weighted by Gasteiger charge is 2.05. The Balaban J connectivity index is 2.90. The number of hydrogen-bond donors (Lipinski definition) is 1. The van der Waals surface area contributed by atoms with Crippen molar-refractivity contribution in [3.05, 3.63) is 11.9 Å². The normalized spacial score (nSPS) is 10.8. The standard InChI is InChI=1S/C7H9N5/c1-4-6-5(12(2)11-4)3-9-7(8)10-6/h3H,1-2H3,(H2,8,9,10). The summed E-state index contributed by atoms with van der Waals surface area (Å²) in [6.07, 6.45) is 1.68. The Labute approximate surface area is 69.2 Å². The lowest BCUT2D eigenvalue weighted by Gasteiger charge is -1.92. The van der Waals surface area contributed by atoms with Gasteiger partial charge in [0.15, 0.2) is 0 Å². The second kappa shape index (κ2) is 2.17. The molecule has 5 heteroatoms. The van der Waals surface area contributed by atoms with E-state index < -0.39 is 0 Å². The van der Waals surface area contributed by atoms with E-state index in [1.165, 1.54) is 0 Å². The van der Waals surface area contributed by atoms with Crippen LogP contribution in [-0.2, 0) is 7.05 Å². The van der Waals surface area contributed by atoms with Gasteiger partial charge in [-0.2, -0.15) is 5.10 Å². The monoisotopic (exact) mass is 163 g/mol. The summed E-state index contributed by atoms with van der Waals surface area (Å²) in [5.41, 5.74) is 8.05. The molecule has 2 aromatic rings. The fourth-order valence-corrected chi connectivity index (χ4v) is 1.22. The van der Waals surface area contributed by atoms with Crippen molar-refractivity contribution in [1.82, 2.24) is 19.7 Å². The molecule has 5 nitrogen and oxygen atoms in total. The maximum Gasteiger partial charge on any atom is 0.220 e. The van der Waals surface area contributed by atoms with E-state index in [0.29, 0.717) is 5.95 Å². The van der Waals surface area contributed by atoms with E-state index >= 15 is 0 Å². The molecule has 0 bridgehead atoms. The van der Waals surface area contributed by atoms with Crippen LogP contribution in [0.2, 0.25) is 0 Å². The summed E-state index contributed by atoms with van der Waals surface area (Å²) >= 11 is 0. The molecule has 0 aromatic carbocycles. The van der Waals surface area contributed by atoms with Crippen LogP contribution in [0.1, 0.15) is 5.69 Å². The van der Waals surface area contributed by atoms with Gasteiger partial charge >= 0.3 is 0 Å². The van der Waals surface area contributed by atoms with E-state index in [2.05, 4.69) is 15.1 Å². The van der Waals surface area contributed by atoms with E-state index in [1.54, 1.807) is 10.9 Å². The fourth-order valence-electron chi connectivity index (χ4n) is 1.22. The predicted octanol–water partition coefficient (Wildman–Crippen LogP) is 0.254. The summed E-state index contributed by atoms with van der Waals surface area (Å²) in [7, 11) is 1.86. The van der Waals surface area contributed by atoms with E-state index in [4.69, 9.17) is 5.73 Å². The summed E-state index contributed by atoms with van der Waals surface area (Å²) in [6.45, 7) is 1.90. The van der Waals surface area contributed by atoms with Crippen molar-refractivity contribution in [2.24, 2.45) is 7.05 Å². The molecule has 0 aliphatic carbocycles. The number of aryl methyl sites for hydroxylation is 2. The van der Waals surface area contributed by atoms with Crippen molar-refractivity contribution in [3.8, 4) is 0 Å². The highest BCUT2D eigenvalue weighted by molar-refractivity contribution is 5.77. The number of nitrogen functional groups attached to an aromatic ring is 1. The van der Waals surface area contributed by atoms with Crippen molar-refractivity contribution in [2.45, 2.75) is 6.92 Å². The Bertz CT molecular complexity index is 431.